The van der Waals surface area contributed by atoms with Crippen LogP contribution in [0.5, 0.6) is 5.88 Å². The minimum absolute atomic E-state index is 0.184. The van der Waals surface area contributed by atoms with E-state index in [0.29, 0.717) is 5.88 Å². The third kappa shape index (κ3) is 3.40. The second-order valence-corrected chi connectivity index (χ2v) is 6.41. The Morgan fingerprint density at radius 2 is 2.18 bits per heavy atom. The van der Waals surface area contributed by atoms with Crippen LogP contribution in [-0.4, -0.2) is 29.2 Å². The average Bonchev–Trinajstić information content (AvgIpc) is 2.97. The zero-order chi connectivity index (χ0) is 15.5. The number of hydrogen-bond donors (Lipinski definition) is 0. The standard InChI is InChI=1S/C17H20BrN3O/c1-3-14-15(5-6-16(18)20-14)21-9-8-13(11-21)22-17-7-4-12(2)10-19-17/h4-7,10,13H,3,8-9,11H2,1-2H3. The SMILES string of the molecule is CCc1nc(Br)ccc1N1CCC(Oc2ccc(C)cn2)C1. The Hall–Kier alpha value is -1.62. The lowest BCUT2D eigenvalue weighted by Gasteiger charge is -2.21. The first-order chi connectivity index (χ1) is 10.7. The molecule has 4 nitrogen and oxygen atoms in total. The minimum atomic E-state index is 0.184. The van der Waals surface area contributed by atoms with Gasteiger partial charge in [-0.2, -0.15) is 0 Å². The first-order valence-electron chi connectivity index (χ1n) is 7.65. The zero-order valence-corrected chi connectivity index (χ0v) is 14.5. The maximum absolute atomic E-state index is 6.00. The molecule has 3 rings (SSSR count). The molecule has 5 heteroatoms. The van der Waals surface area contributed by atoms with E-state index in [-0.39, 0.29) is 6.10 Å². The van der Waals surface area contributed by atoms with Crippen LogP contribution in [0, 0.1) is 6.92 Å². The fourth-order valence-corrected chi connectivity index (χ4v) is 3.10. The number of aryl methyl sites for hydroxylation is 2. The Morgan fingerprint density at radius 3 is 2.91 bits per heavy atom. The van der Waals surface area contributed by atoms with Crippen molar-refractivity contribution in [3.63, 3.8) is 0 Å². The van der Waals surface area contributed by atoms with E-state index in [9.17, 15) is 0 Å². The molecule has 0 radical (unpaired) electrons. The maximum atomic E-state index is 6.00. The molecule has 0 saturated carbocycles. The molecule has 0 aromatic carbocycles. The van der Waals surface area contributed by atoms with Crippen molar-refractivity contribution in [3.05, 3.63) is 46.3 Å². The number of pyridine rings is 2. The number of hydrogen-bond acceptors (Lipinski definition) is 4. The van der Waals surface area contributed by atoms with E-state index in [4.69, 9.17) is 4.74 Å². The van der Waals surface area contributed by atoms with Crippen LogP contribution in [0.4, 0.5) is 5.69 Å². The Kier molecular flexibility index (Phi) is 4.62. The van der Waals surface area contributed by atoms with E-state index < -0.39 is 0 Å². The molecule has 22 heavy (non-hydrogen) atoms. The molecule has 1 atom stereocenters. The minimum Gasteiger partial charge on any atom is -0.472 e. The molecule has 2 aromatic rings. The van der Waals surface area contributed by atoms with Crippen molar-refractivity contribution in [1.29, 1.82) is 0 Å². The largest absolute Gasteiger partial charge is 0.472 e. The lowest BCUT2D eigenvalue weighted by molar-refractivity contribution is 0.216. The van der Waals surface area contributed by atoms with Crippen molar-refractivity contribution in [2.45, 2.75) is 32.8 Å². The average molecular weight is 362 g/mol. The third-order valence-corrected chi connectivity index (χ3v) is 4.35. The fraction of sp³-hybridized carbons (Fsp3) is 0.412. The summed E-state index contributed by atoms with van der Waals surface area (Å²) in [5.41, 5.74) is 3.49. The van der Waals surface area contributed by atoms with Crippen molar-refractivity contribution in [1.82, 2.24) is 9.97 Å². The van der Waals surface area contributed by atoms with Gasteiger partial charge in [0.25, 0.3) is 0 Å². The van der Waals surface area contributed by atoms with Gasteiger partial charge in [-0.3, -0.25) is 0 Å². The summed E-state index contributed by atoms with van der Waals surface area (Å²) in [6.45, 7) is 6.04. The van der Waals surface area contributed by atoms with Gasteiger partial charge in [0.15, 0.2) is 0 Å². The van der Waals surface area contributed by atoms with Crippen LogP contribution in [0.15, 0.2) is 35.1 Å². The van der Waals surface area contributed by atoms with Crippen LogP contribution in [-0.2, 0) is 6.42 Å². The van der Waals surface area contributed by atoms with Gasteiger partial charge in [-0.15, -0.1) is 0 Å². The Balaban J connectivity index is 1.68. The molecule has 0 amide bonds. The maximum Gasteiger partial charge on any atom is 0.213 e. The smallest absolute Gasteiger partial charge is 0.213 e. The summed E-state index contributed by atoms with van der Waals surface area (Å²) in [7, 11) is 0. The predicted molar refractivity (Wildman–Crippen MR) is 91.5 cm³/mol. The van der Waals surface area contributed by atoms with Gasteiger partial charge in [-0.05, 0) is 47.0 Å². The fourth-order valence-electron chi connectivity index (χ4n) is 2.75. The molecule has 2 aromatic heterocycles. The van der Waals surface area contributed by atoms with Crippen molar-refractivity contribution < 1.29 is 4.74 Å². The highest BCUT2D eigenvalue weighted by Crippen LogP contribution is 2.27. The van der Waals surface area contributed by atoms with Crippen LogP contribution in [0.25, 0.3) is 0 Å². The second kappa shape index (κ2) is 6.65. The zero-order valence-electron chi connectivity index (χ0n) is 12.9. The van der Waals surface area contributed by atoms with Crippen molar-refractivity contribution in [2.75, 3.05) is 18.0 Å². The third-order valence-electron chi connectivity index (χ3n) is 3.91. The topological polar surface area (TPSA) is 38.2 Å². The monoisotopic (exact) mass is 361 g/mol. The molecular weight excluding hydrogens is 342 g/mol. The quantitative estimate of drug-likeness (QED) is 0.777. The Bertz CT molecular complexity index is 645. The van der Waals surface area contributed by atoms with Gasteiger partial charge in [0.05, 0.1) is 17.9 Å². The van der Waals surface area contributed by atoms with Crippen LogP contribution in [0.2, 0.25) is 0 Å². The molecule has 0 aliphatic carbocycles. The van der Waals surface area contributed by atoms with Gasteiger partial charge in [-0.1, -0.05) is 13.0 Å². The summed E-state index contributed by atoms with van der Waals surface area (Å²) >= 11 is 3.45. The van der Waals surface area contributed by atoms with Crippen molar-refractivity contribution in [2.24, 2.45) is 0 Å². The van der Waals surface area contributed by atoms with Crippen molar-refractivity contribution in [3.8, 4) is 5.88 Å². The molecule has 3 heterocycles. The summed E-state index contributed by atoms with van der Waals surface area (Å²) < 4.78 is 6.89. The van der Waals surface area contributed by atoms with E-state index in [1.165, 1.54) is 5.69 Å². The Labute approximate surface area is 139 Å². The summed E-state index contributed by atoms with van der Waals surface area (Å²) in [6, 6.07) is 8.12. The highest BCUT2D eigenvalue weighted by Gasteiger charge is 2.26. The van der Waals surface area contributed by atoms with Crippen LogP contribution < -0.4 is 9.64 Å². The number of aromatic nitrogens is 2. The van der Waals surface area contributed by atoms with E-state index >= 15 is 0 Å². The first kappa shape index (κ1) is 15.3. The van der Waals surface area contributed by atoms with E-state index in [0.717, 1.165) is 41.8 Å². The van der Waals surface area contributed by atoms with Crippen molar-refractivity contribution >= 4 is 21.6 Å². The second-order valence-electron chi connectivity index (χ2n) is 5.60. The van der Waals surface area contributed by atoms with E-state index in [2.05, 4.69) is 43.8 Å². The molecule has 1 aliphatic rings. The lowest BCUT2D eigenvalue weighted by Crippen LogP contribution is -2.25. The number of halogens is 1. The molecule has 1 saturated heterocycles. The van der Waals surface area contributed by atoms with Crippen LogP contribution in [0.1, 0.15) is 24.6 Å². The van der Waals surface area contributed by atoms with Gasteiger partial charge in [-0.25, -0.2) is 9.97 Å². The molecule has 116 valence electrons. The highest BCUT2D eigenvalue weighted by atomic mass is 79.9. The van der Waals surface area contributed by atoms with Gasteiger partial charge in [0, 0.05) is 25.2 Å². The predicted octanol–water partition coefficient (Wildman–Crippen LogP) is 3.77. The summed E-state index contributed by atoms with van der Waals surface area (Å²) in [5.74, 6) is 0.710. The number of ether oxygens (including phenoxy) is 1. The van der Waals surface area contributed by atoms with Gasteiger partial charge in [0.2, 0.25) is 5.88 Å². The van der Waals surface area contributed by atoms with Crippen LogP contribution in [0.3, 0.4) is 0 Å². The number of rotatable bonds is 4. The molecule has 1 fully saturated rings. The summed E-state index contributed by atoms with van der Waals surface area (Å²) in [4.78, 5) is 11.3. The van der Waals surface area contributed by atoms with Crippen LogP contribution >= 0.6 is 15.9 Å². The Morgan fingerprint density at radius 1 is 1.32 bits per heavy atom. The molecule has 0 bridgehead atoms. The van der Waals surface area contributed by atoms with Gasteiger partial charge >= 0.3 is 0 Å². The summed E-state index contributed by atoms with van der Waals surface area (Å²) in [5, 5.41) is 0. The van der Waals surface area contributed by atoms with Gasteiger partial charge < -0.3 is 9.64 Å². The summed E-state index contributed by atoms with van der Waals surface area (Å²) in [6.07, 6.45) is 3.96. The molecule has 1 unspecified atom stereocenters. The lowest BCUT2D eigenvalue weighted by atomic mass is 10.2. The number of nitrogens with zero attached hydrogens (tertiary/aromatic N) is 3. The molecule has 0 N–H and O–H groups in total. The molecule has 1 aliphatic heterocycles. The first-order valence-corrected chi connectivity index (χ1v) is 8.44. The van der Waals surface area contributed by atoms with E-state index in [1.807, 2.05) is 31.3 Å². The van der Waals surface area contributed by atoms with E-state index in [1.54, 1.807) is 0 Å². The van der Waals surface area contributed by atoms with Gasteiger partial charge in [0.1, 0.15) is 10.7 Å². The number of anilines is 1. The molecule has 0 spiro atoms. The highest BCUT2D eigenvalue weighted by molar-refractivity contribution is 9.10. The molecular formula is C17H20BrN3O. The normalized spacial score (nSPS) is 17.8.